The molecule has 0 aliphatic carbocycles. The molecule has 0 fully saturated rings. The Morgan fingerprint density at radius 3 is 2.48 bits per heavy atom. The van der Waals surface area contributed by atoms with E-state index in [9.17, 15) is 24.6 Å². The summed E-state index contributed by atoms with van der Waals surface area (Å²) in [4.78, 5) is 37.4. The van der Waals surface area contributed by atoms with Crippen LogP contribution in [0, 0.1) is 0 Å². The van der Waals surface area contributed by atoms with Gasteiger partial charge in [0.15, 0.2) is 0 Å². The van der Waals surface area contributed by atoms with Crippen LogP contribution in [0.2, 0.25) is 0 Å². The number of aliphatic carboxylic acids is 1. The Morgan fingerprint density at radius 2 is 1.97 bits per heavy atom. The van der Waals surface area contributed by atoms with E-state index in [1.54, 1.807) is 39.0 Å². The average Bonchev–Trinajstić information content (AvgIpc) is 2.66. The van der Waals surface area contributed by atoms with Gasteiger partial charge in [-0.15, -0.1) is 6.58 Å². The molecule has 1 aromatic rings. The second-order valence-electron chi connectivity index (χ2n) is 7.99. The van der Waals surface area contributed by atoms with Crippen LogP contribution in [0.15, 0.2) is 30.9 Å². The highest BCUT2D eigenvalue weighted by Gasteiger charge is 2.24. The molecular formula is C22H32N2O7. The topological polar surface area (TPSA) is 125 Å². The van der Waals surface area contributed by atoms with E-state index in [0.29, 0.717) is 11.3 Å². The highest BCUT2D eigenvalue weighted by molar-refractivity contribution is 5.80. The molecule has 9 heteroatoms. The van der Waals surface area contributed by atoms with Crippen LogP contribution in [0.5, 0.6) is 11.5 Å². The average molecular weight is 437 g/mol. The van der Waals surface area contributed by atoms with Gasteiger partial charge in [-0.3, -0.25) is 4.79 Å². The molecule has 0 aliphatic heterocycles. The van der Waals surface area contributed by atoms with Crippen LogP contribution >= 0.6 is 0 Å². The number of amides is 2. The molecule has 0 bridgehead atoms. The zero-order chi connectivity index (χ0) is 23.6. The van der Waals surface area contributed by atoms with Gasteiger partial charge >= 0.3 is 12.1 Å². The Kier molecular flexibility index (Phi) is 9.85. The van der Waals surface area contributed by atoms with Gasteiger partial charge in [-0.1, -0.05) is 6.08 Å². The largest absolute Gasteiger partial charge is 0.507 e. The van der Waals surface area contributed by atoms with E-state index in [4.69, 9.17) is 9.47 Å². The lowest BCUT2D eigenvalue weighted by molar-refractivity contribution is -0.140. The number of phenolic OH excluding ortho intramolecular Hbond substituents is 1. The lowest BCUT2D eigenvalue weighted by Gasteiger charge is -2.23. The van der Waals surface area contributed by atoms with Gasteiger partial charge in [0.1, 0.15) is 23.1 Å². The molecular weight excluding hydrogens is 404 g/mol. The first-order valence-electron chi connectivity index (χ1n) is 9.93. The molecule has 0 radical (unpaired) electrons. The number of nitrogens with zero attached hydrogens (tertiary/aromatic N) is 1. The Morgan fingerprint density at radius 1 is 1.29 bits per heavy atom. The first-order chi connectivity index (χ1) is 14.5. The van der Waals surface area contributed by atoms with Crippen molar-refractivity contribution in [2.75, 3.05) is 13.7 Å². The number of aromatic hydroxyl groups is 1. The van der Waals surface area contributed by atoms with E-state index in [-0.39, 0.29) is 44.0 Å². The van der Waals surface area contributed by atoms with Crippen molar-refractivity contribution in [3.63, 3.8) is 0 Å². The molecule has 0 spiro atoms. The van der Waals surface area contributed by atoms with E-state index in [1.165, 1.54) is 18.1 Å². The van der Waals surface area contributed by atoms with Gasteiger partial charge in [-0.25, -0.2) is 9.59 Å². The van der Waals surface area contributed by atoms with Crippen molar-refractivity contribution < 1.29 is 34.1 Å². The fourth-order valence-corrected chi connectivity index (χ4v) is 2.74. The monoisotopic (exact) mass is 436 g/mol. The van der Waals surface area contributed by atoms with Gasteiger partial charge in [0.2, 0.25) is 5.91 Å². The molecule has 0 heterocycles. The minimum absolute atomic E-state index is 0.00807. The smallest absolute Gasteiger partial charge is 0.408 e. The number of hydrogen-bond acceptors (Lipinski definition) is 6. The summed E-state index contributed by atoms with van der Waals surface area (Å²) in [5, 5.41) is 21.8. The van der Waals surface area contributed by atoms with E-state index >= 15 is 0 Å². The van der Waals surface area contributed by atoms with Crippen molar-refractivity contribution in [3.8, 4) is 11.5 Å². The first-order valence-corrected chi connectivity index (χ1v) is 9.93. The maximum Gasteiger partial charge on any atom is 0.408 e. The van der Waals surface area contributed by atoms with Crippen LogP contribution < -0.4 is 10.1 Å². The quantitative estimate of drug-likeness (QED) is 0.455. The Labute approximate surface area is 182 Å². The second kappa shape index (κ2) is 11.8. The third-order valence-corrected chi connectivity index (χ3v) is 4.23. The minimum atomic E-state index is -1.20. The Bertz CT molecular complexity index is 787. The molecule has 0 saturated carbocycles. The van der Waals surface area contributed by atoms with Gasteiger partial charge in [-0.2, -0.15) is 0 Å². The number of hydrogen-bond donors (Lipinski definition) is 3. The summed E-state index contributed by atoms with van der Waals surface area (Å²) < 4.78 is 10.1. The third-order valence-electron chi connectivity index (χ3n) is 4.23. The van der Waals surface area contributed by atoms with Crippen molar-refractivity contribution in [1.82, 2.24) is 10.2 Å². The summed E-state index contributed by atoms with van der Waals surface area (Å²) in [5.74, 6) is -0.922. The molecule has 1 aromatic carbocycles. The summed E-state index contributed by atoms with van der Waals surface area (Å²) in [7, 11) is 1.49. The molecule has 0 unspecified atom stereocenters. The number of phenols is 1. The molecule has 9 nitrogen and oxygen atoms in total. The predicted octanol–water partition coefficient (Wildman–Crippen LogP) is 3.06. The van der Waals surface area contributed by atoms with Gasteiger partial charge in [0, 0.05) is 31.1 Å². The zero-order valence-electron chi connectivity index (χ0n) is 18.5. The predicted molar refractivity (Wildman–Crippen MR) is 115 cm³/mol. The van der Waals surface area contributed by atoms with Gasteiger partial charge in [0.25, 0.3) is 0 Å². The summed E-state index contributed by atoms with van der Waals surface area (Å²) in [6, 6.07) is 3.65. The zero-order valence-corrected chi connectivity index (χ0v) is 18.5. The summed E-state index contributed by atoms with van der Waals surface area (Å²) >= 11 is 0. The summed E-state index contributed by atoms with van der Waals surface area (Å²) in [5.41, 5.74) is -0.201. The van der Waals surface area contributed by atoms with E-state index in [2.05, 4.69) is 11.9 Å². The molecule has 0 aliphatic rings. The number of benzene rings is 1. The van der Waals surface area contributed by atoms with Crippen LogP contribution in [-0.2, 0) is 20.9 Å². The fourth-order valence-electron chi connectivity index (χ4n) is 2.74. The van der Waals surface area contributed by atoms with E-state index in [0.717, 1.165) is 0 Å². The molecule has 0 aromatic heterocycles. The van der Waals surface area contributed by atoms with Crippen molar-refractivity contribution in [1.29, 1.82) is 0 Å². The van der Waals surface area contributed by atoms with E-state index in [1.807, 2.05) is 0 Å². The number of rotatable bonds is 11. The van der Waals surface area contributed by atoms with Crippen LogP contribution in [0.3, 0.4) is 0 Å². The van der Waals surface area contributed by atoms with Gasteiger partial charge in [-0.05, 0) is 45.7 Å². The number of carbonyl (C=O) groups excluding carboxylic acids is 2. The molecule has 0 saturated heterocycles. The summed E-state index contributed by atoms with van der Waals surface area (Å²) in [6.45, 7) is 9.11. The number of carbonyl (C=O) groups is 3. The standard InChI is InChI=1S/C22H32N2O7/c1-6-12-24(14-15-10-11-16(30-5)13-18(15)25)19(26)9-7-8-17(20(27)28)23-21(29)31-22(2,3)4/h6,10-11,13,17,25H,1,7-9,12,14H2,2-5H3,(H,23,29)(H,27,28)/t17-/m0/s1. The fraction of sp³-hybridized carbons (Fsp3) is 0.500. The molecule has 3 N–H and O–H groups in total. The van der Waals surface area contributed by atoms with E-state index < -0.39 is 23.7 Å². The van der Waals surface area contributed by atoms with Crippen LogP contribution in [0.4, 0.5) is 4.79 Å². The van der Waals surface area contributed by atoms with Crippen molar-refractivity contribution >= 4 is 18.0 Å². The molecule has 1 rings (SSSR count). The van der Waals surface area contributed by atoms with Crippen LogP contribution in [-0.4, -0.2) is 58.4 Å². The van der Waals surface area contributed by atoms with Crippen molar-refractivity contribution in [2.45, 2.75) is 58.2 Å². The lowest BCUT2D eigenvalue weighted by atomic mass is 10.1. The summed E-state index contributed by atoms with van der Waals surface area (Å²) in [6.07, 6.45) is 1.13. The molecule has 172 valence electrons. The number of carboxylic acid groups (broad SMARTS) is 1. The minimum Gasteiger partial charge on any atom is -0.507 e. The number of nitrogens with one attached hydrogen (secondary N) is 1. The first kappa shape index (κ1) is 25.8. The maximum absolute atomic E-state index is 12.6. The maximum atomic E-state index is 12.6. The second-order valence-corrected chi connectivity index (χ2v) is 7.99. The highest BCUT2D eigenvalue weighted by atomic mass is 16.6. The van der Waals surface area contributed by atoms with Gasteiger partial charge < -0.3 is 29.9 Å². The van der Waals surface area contributed by atoms with Crippen molar-refractivity contribution in [3.05, 3.63) is 36.4 Å². The number of carboxylic acids is 1. The third kappa shape index (κ3) is 9.41. The van der Waals surface area contributed by atoms with Crippen LogP contribution in [0.25, 0.3) is 0 Å². The lowest BCUT2D eigenvalue weighted by Crippen LogP contribution is -2.43. The molecule has 2 amide bonds. The highest BCUT2D eigenvalue weighted by Crippen LogP contribution is 2.25. The van der Waals surface area contributed by atoms with Gasteiger partial charge in [0.05, 0.1) is 7.11 Å². The van der Waals surface area contributed by atoms with Crippen molar-refractivity contribution in [2.24, 2.45) is 0 Å². The SMILES string of the molecule is C=CCN(Cc1ccc(OC)cc1O)C(=O)CCC[C@H](NC(=O)OC(C)(C)C)C(=O)O. The number of methoxy groups -OCH3 is 1. The number of ether oxygens (including phenoxy) is 2. The molecule has 31 heavy (non-hydrogen) atoms. The Balaban J connectivity index is 2.67. The Hall–Kier alpha value is -3.23. The molecule has 1 atom stereocenters. The van der Waals surface area contributed by atoms with Crippen LogP contribution in [0.1, 0.15) is 45.6 Å². The number of alkyl carbamates (subject to hydrolysis) is 1. The normalized spacial score (nSPS) is 11.9.